The van der Waals surface area contributed by atoms with E-state index in [2.05, 4.69) is 27.7 Å². The molecule has 0 unspecified atom stereocenters. The van der Waals surface area contributed by atoms with Gasteiger partial charge in [0.05, 0.1) is 26.2 Å². The minimum atomic E-state index is -3.67. The van der Waals surface area contributed by atoms with Crippen molar-refractivity contribution < 1.29 is 22.1 Å². The largest absolute Gasteiger partial charge is 1.00 e. The first-order valence-corrected chi connectivity index (χ1v) is 12.7. The van der Waals surface area contributed by atoms with Gasteiger partial charge in [-0.15, -0.1) is 0 Å². The molecule has 0 heterocycles. The van der Waals surface area contributed by atoms with Gasteiger partial charge in [-0.05, 0) is 51.4 Å². The third-order valence-corrected chi connectivity index (χ3v) is 5.94. The Labute approximate surface area is 186 Å². The first-order valence-electron chi connectivity index (χ1n) is 12.7. The fraction of sp³-hybridized carbons (Fsp3) is 1.00. The molecule has 0 amide bonds. The zero-order chi connectivity index (χ0) is 22.2. The molecule has 0 spiro atoms. The smallest absolute Gasteiger partial charge is 0.762 e. The highest BCUT2D eigenvalue weighted by atomic mass is 19.4. The van der Waals surface area contributed by atoms with Gasteiger partial charge in [0, 0.05) is 0 Å². The Morgan fingerprint density at radius 1 is 0.433 bits per heavy atom. The van der Waals surface area contributed by atoms with Crippen LogP contribution in [0.4, 0.5) is 12.9 Å². The van der Waals surface area contributed by atoms with Gasteiger partial charge < -0.3 is 9.19 Å². The van der Waals surface area contributed by atoms with Gasteiger partial charge in [-0.3, -0.25) is 12.9 Å². The lowest BCUT2D eigenvalue weighted by Gasteiger charge is -2.39. The summed E-state index contributed by atoms with van der Waals surface area (Å²) in [6.45, 7) is 15.2. The van der Waals surface area contributed by atoms with E-state index in [-0.39, 0.29) is 4.70 Å². The lowest BCUT2D eigenvalue weighted by Crippen LogP contribution is -3.00. The molecule has 0 saturated carbocycles. The molecule has 0 aliphatic rings. The highest BCUT2D eigenvalue weighted by molar-refractivity contribution is 6.33. The number of unbranched alkanes of at least 4 members (excludes halogenated alkanes) is 12. The van der Waals surface area contributed by atoms with Crippen molar-refractivity contribution in [1.82, 2.24) is 0 Å². The van der Waals surface area contributed by atoms with E-state index in [1.165, 1.54) is 133 Å². The second-order valence-corrected chi connectivity index (χ2v) is 8.73. The van der Waals surface area contributed by atoms with Crippen molar-refractivity contribution in [3.05, 3.63) is 0 Å². The van der Waals surface area contributed by atoms with E-state index in [1.807, 2.05) is 0 Å². The topological polar surface area (TPSA) is 0 Å². The molecule has 0 rings (SSSR count). The molecule has 30 heavy (non-hydrogen) atoms. The minimum Gasteiger partial charge on any atom is -1.00 e. The number of hydrogen-bond donors (Lipinski definition) is 0. The van der Waals surface area contributed by atoms with E-state index in [0.717, 1.165) is 0 Å². The van der Waals surface area contributed by atoms with Crippen LogP contribution in [0.25, 0.3) is 0 Å². The van der Waals surface area contributed by atoms with Gasteiger partial charge in [0.2, 0.25) is 0 Å². The van der Waals surface area contributed by atoms with Crippen molar-refractivity contribution in [2.75, 3.05) is 26.2 Å². The third kappa shape index (κ3) is 25.8. The molecule has 0 aromatic heterocycles. The summed E-state index contributed by atoms with van der Waals surface area (Å²) < 4.78 is 30.5. The summed E-state index contributed by atoms with van der Waals surface area (Å²) in [6.07, 6.45) is 22.8. The van der Waals surface area contributed by atoms with Gasteiger partial charge in [-0.1, -0.05) is 79.1 Å². The van der Waals surface area contributed by atoms with E-state index in [9.17, 15) is 12.9 Å². The second kappa shape index (κ2) is 26.8. The number of nitrogens with zero attached hydrogens (tertiary/aromatic N) is 1. The number of halogens is 4. The third-order valence-electron chi connectivity index (χ3n) is 5.94. The maximum atomic E-state index is 9.67. The van der Waals surface area contributed by atoms with Gasteiger partial charge in [0.1, 0.15) is 0 Å². The molecule has 0 aliphatic heterocycles. The van der Waals surface area contributed by atoms with Crippen LogP contribution in [-0.4, -0.2) is 38.2 Å². The van der Waals surface area contributed by atoms with Gasteiger partial charge in [-0.2, -0.15) is 0 Å². The molecule has 0 aliphatic carbocycles. The monoisotopic (exact) mass is 441 g/mol. The molecule has 0 aromatic rings. The highest BCUT2D eigenvalue weighted by Gasteiger charge is 2.25. The van der Waals surface area contributed by atoms with Crippen molar-refractivity contribution in [1.29, 1.82) is 0 Å². The first kappa shape index (κ1) is 34.4. The Bertz CT molecular complexity index is 251. The lowest BCUT2D eigenvalue weighted by molar-refractivity contribution is -0.929. The van der Waals surface area contributed by atoms with E-state index < -0.39 is 7.54 Å². The Morgan fingerprint density at radius 3 is 0.800 bits per heavy atom. The van der Waals surface area contributed by atoms with Crippen LogP contribution in [0.3, 0.4) is 0 Å². The molecule has 0 bridgehead atoms. The molecular weight excluding hydrogens is 389 g/mol. The molecule has 6 heteroatoms. The van der Waals surface area contributed by atoms with Gasteiger partial charge in [0.25, 0.3) is 0 Å². The summed E-state index contributed by atoms with van der Waals surface area (Å²) in [5.41, 5.74) is 0. The standard InChI is InChI=1S/C24H52N.BF3.FH/c1-5-9-13-17-21-25(22-18-14-10-6-2,23-19-15-11-7-3)24-20-16-12-8-4;2-1(3)4;/h5-24H2,1-4H3;;1H/q+1;;/p-1. The Morgan fingerprint density at radius 2 is 0.633 bits per heavy atom. The van der Waals surface area contributed by atoms with Crippen molar-refractivity contribution in [3.8, 4) is 0 Å². The van der Waals surface area contributed by atoms with E-state index in [4.69, 9.17) is 0 Å². The highest BCUT2D eigenvalue weighted by Crippen LogP contribution is 2.19. The predicted octanol–water partition coefficient (Wildman–Crippen LogP) is 6.01. The summed E-state index contributed by atoms with van der Waals surface area (Å²) in [7, 11) is -3.67. The molecular formula is C24H52BF4N. The van der Waals surface area contributed by atoms with Gasteiger partial charge in [-0.25, -0.2) is 0 Å². The van der Waals surface area contributed by atoms with Gasteiger partial charge in [0.15, 0.2) is 0 Å². The van der Waals surface area contributed by atoms with Crippen LogP contribution >= 0.6 is 0 Å². The SMILES string of the molecule is CCCCCC[N+](CCCCCC)(CCCCCC)CCCCCC.FB(F)F.[F-]. The van der Waals surface area contributed by atoms with E-state index >= 15 is 0 Å². The maximum Gasteiger partial charge on any atom is 0.762 e. The molecule has 0 atom stereocenters. The number of quaternary nitrogens is 1. The maximum absolute atomic E-state index is 9.67. The Hall–Kier alpha value is -0.255. The average Bonchev–Trinajstić information content (AvgIpc) is 2.69. The van der Waals surface area contributed by atoms with Crippen LogP contribution < -0.4 is 4.70 Å². The summed E-state index contributed by atoms with van der Waals surface area (Å²) in [5.74, 6) is 0. The summed E-state index contributed by atoms with van der Waals surface area (Å²) >= 11 is 0. The lowest BCUT2D eigenvalue weighted by atomic mass is 10.1. The molecule has 1 nitrogen and oxygen atoms in total. The molecule has 0 saturated heterocycles. The van der Waals surface area contributed by atoms with E-state index in [1.54, 1.807) is 0 Å². The predicted molar refractivity (Wildman–Crippen MR) is 125 cm³/mol. The van der Waals surface area contributed by atoms with Crippen molar-refractivity contribution in [2.24, 2.45) is 0 Å². The molecule has 0 fully saturated rings. The van der Waals surface area contributed by atoms with Crippen molar-refractivity contribution >= 4 is 7.54 Å². The van der Waals surface area contributed by atoms with Crippen molar-refractivity contribution in [2.45, 2.75) is 130 Å². The minimum absolute atomic E-state index is 0. The number of hydrogen-bond acceptors (Lipinski definition) is 0. The first-order chi connectivity index (χ1) is 14.0. The van der Waals surface area contributed by atoms with Crippen LogP contribution in [0.1, 0.15) is 130 Å². The van der Waals surface area contributed by atoms with E-state index in [0.29, 0.717) is 0 Å². The molecule has 0 N–H and O–H groups in total. The molecule has 184 valence electrons. The molecule has 0 radical (unpaired) electrons. The quantitative estimate of drug-likeness (QED) is 0.0940. The summed E-state index contributed by atoms with van der Waals surface area (Å²) in [5, 5.41) is 0. The van der Waals surface area contributed by atoms with Crippen LogP contribution in [0.5, 0.6) is 0 Å². The fourth-order valence-electron chi connectivity index (χ4n) is 4.17. The summed E-state index contributed by atoms with van der Waals surface area (Å²) in [6, 6.07) is 0. The Kier molecular flexibility index (Phi) is 30.7. The van der Waals surface area contributed by atoms with Crippen LogP contribution in [-0.2, 0) is 0 Å². The fourth-order valence-corrected chi connectivity index (χ4v) is 4.17. The van der Waals surface area contributed by atoms with Crippen molar-refractivity contribution in [3.63, 3.8) is 0 Å². The average molecular weight is 441 g/mol. The normalized spacial score (nSPS) is 10.9. The summed E-state index contributed by atoms with van der Waals surface area (Å²) in [4.78, 5) is 0. The van der Waals surface area contributed by atoms with Crippen LogP contribution in [0.2, 0.25) is 0 Å². The van der Waals surface area contributed by atoms with Gasteiger partial charge >= 0.3 is 7.54 Å². The van der Waals surface area contributed by atoms with Crippen LogP contribution in [0, 0.1) is 0 Å². The Balaban J connectivity index is -0.00000133. The molecule has 0 aromatic carbocycles. The van der Waals surface area contributed by atoms with Crippen LogP contribution in [0.15, 0.2) is 0 Å². The zero-order valence-corrected chi connectivity index (χ0v) is 20.7. The second-order valence-electron chi connectivity index (χ2n) is 8.73. The number of rotatable bonds is 20. The zero-order valence-electron chi connectivity index (χ0n) is 20.7.